The van der Waals surface area contributed by atoms with Gasteiger partial charge in [-0.05, 0) is 36.1 Å². The van der Waals surface area contributed by atoms with Crippen molar-refractivity contribution in [3.8, 4) is 0 Å². The number of ether oxygens (including phenoxy) is 1. The predicted octanol–water partition coefficient (Wildman–Crippen LogP) is 3.78. The normalized spacial score (nSPS) is 11.4. The third-order valence-corrected chi connectivity index (χ3v) is 2.55. The van der Waals surface area contributed by atoms with Gasteiger partial charge in [0.05, 0.1) is 0 Å². The van der Waals surface area contributed by atoms with Crippen molar-refractivity contribution < 1.29 is 9.53 Å². The second kappa shape index (κ2) is 7.13. The summed E-state index contributed by atoms with van der Waals surface area (Å²) in [4.78, 5) is 10.8. The maximum Gasteiger partial charge on any atom is 0.302 e. The Hall–Kier alpha value is -1.28. The molecule has 1 rings (SSSR count). The standard InChI is InChI=1S/C14H17ClO2/c1-3-4-13(10-17-11(2)16)9-12-5-7-14(15)8-6-12/h4-8H,3,9-10H2,1-2H3/b13-4+. The number of rotatable bonds is 5. The smallest absolute Gasteiger partial charge is 0.302 e. The summed E-state index contributed by atoms with van der Waals surface area (Å²) in [5, 5.41) is 0.731. The summed E-state index contributed by atoms with van der Waals surface area (Å²) < 4.78 is 5.02. The Bertz CT molecular complexity index is 393. The second-order valence-corrected chi connectivity index (χ2v) is 4.29. The van der Waals surface area contributed by atoms with Crippen LogP contribution in [0.2, 0.25) is 5.02 Å². The van der Waals surface area contributed by atoms with Gasteiger partial charge in [0.15, 0.2) is 0 Å². The van der Waals surface area contributed by atoms with E-state index in [0.717, 1.165) is 23.4 Å². The number of esters is 1. The van der Waals surface area contributed by atoms with Crippen LogP contribution in [0.3, 0.4) is 0 Å². The largest absolute Gasteiger partial charge is 0.461 e. The molecule has 0 saturated carbocycles. The van der Waals surface area contributed by atoms with E-state index in [1.54, 1.807) is 0 Å². The number of hydrogen-bond donors (Lipinski definition) is 0. The molecule has 0 aliphatic heterocycles. The number of benzene rings is 1. The molecule has 0 heterocycles. The number of carbonyl (C=O) groups is 1. The molecule has 0 aliphatic carbocycles. The summed E-state index contributed by atoms with van der Waals surface area (Å²) in [6, 6.07) is 7.71. The van der Waals surface area contributed by atoms with Gasteiger partial charge in [-0.2, -0.15) is 0 Å². The molecule has 1 aromatic rings. The lowest BCUT2D eigenvalue weighted by Gasteiger charge is -2.08. The van der Waals surface area contributed by atoms with E-state index in [1.165, 1.54) is 12.5 Å². The van der Waals surface area contributed by atoms with Gasteiger partial charge in [0.1, 0.15) is 6.61 Å². The molecule has 0 saturated heterocycles. The summed E-state index contributed by atoms with van der Waals surface area (Å²) in [5.74, 6) is -0.247. The fraction of sp³-hybridized carbons (Fsp3) is 0.357. The zero-order chi connectivity index (χ0) is 12.7. The Morgan fingerprint density at radius 1 is 1.35 bits per heavy atom. The molecule has 0 aromatic heterocycles. The predicted molar refractivity (Wildman–Crippen MR) is 70.2 cm³/mol. The maximum atomic E-state index is 10.8. The van der Waals surface area contributed by atoms with E-state index in [4.69, 9.17) is 16.3 Å². The van der Waals surface area contributed by atoms with Gasteiger partial charge in [0.2, 0.25) is 0 Å². The lowest BCUT2D eigenvalue weighted by molar-refractivity contribution is -0.140. The molecule has 2 nitrogen and oxygen atoms in total. The van der Waals surface area contributed by atoms with Gasteiger partial charge in [-0.15, -0.1) is 0 Å². The number of hydrogen-bond acceptors (Lipinski definition) is 2. The van der Waals surface area contributed by atoms with E-state index in [0.29, 0.717) is 6.61 Å². The molecule has 0 aliphatic rings. The average Bonchev–Trinajstić information content (AvgIpc) is 2.29. The third kappa shape index (κ3) is 5.55. The quantitative estimate of drug-likeness (QED) is 0.589. The van der Waals surface area contributed by atoms with Crippen LogP contribution in [-0.2, 0) is 16.0 Å². The summed E-state index contributed by atoms with van der Waals surface area (Å²) in [7, 11) is 0. The highest BCUT2D eigenvalue weighted by molar-refractivity contribution is 6.30. The van der Waals surface area contributed by atoms with Crippen LogP contribution in [-0.4, -0.2) is 12.6 Å². The molecular formula is C14H17ClO2. The Morgan fingerprint density at radius 2 is 2.00 bits per heavy atom. The molecule has 0 atom stereocenters. The van der Waals surface area contributed by atoms with Crippen molar-refractivity contribution in [2.45, 2.75) is 26.7 Å². The fourth-order valence-corrected chi connectivity index (χ4v) is 1.66. The molecule has 0 spiro atoms. The average molecular weight is 253 g/mol. The van der Waals surface area contributed by atoms with Crippen molar-refractivity contribution in [2.24, 2.45) is 0 Å². The lowest BCUT2D eigenvalue weighted by Crippen LogP contribution is -2.05. The molecular weight excluding hydrogens is 236 g/mol. The number of allylic oxidation sites excluding steroid dienone is 1. The van der Waals surface area contributed by atoms with Crippen LogP contribution in [0.5, 0.6) is 0 Å². The Kier molecular flexibility index (Phi) is 5.78. The minimum absolute atomic E-state index is 0.247. The van der Waals surface area contributed by atoms with Crippen molar-refractivity contribution in [1.29, 1.82) is 0 Å². The fourth-order valence-electron chi connectivity index (χ4n) is 1.53. The van der Waals surface area contributed by atoms with Gasteiger partial charge in [0, 0.05) is 11.9 Å². The highest BCUT2D eigenvalue weighted by Gasteiger charge is 2.02. The summed E-state index contributed by atoms with van der Waals surface area (Å²) in [6.07, 6.45) is 3.82. The van der Waals surface area contributed by atoms with Crippen molar-refractivity contribution in [3.05, 3.63) is 46.5 Å². The zero-order valence-electron chi connectivity index (χ0n) is 10.2. The van der Waals surface area contributed by atoms with Crippen LogP contribution in [0.1, 0.15) is 25.8 Å². The molecule has 1 aromatic carbocycles. The minimum atomic E-state index is -0.247. The van der Waals surface area contributed by atoms with Crippen LogP contribution in [0.25, 0.3) is 0 Å². The van der Waals surface area contributed by atoms with Crippen LogP contribution in [0.15, 0.2) is 35.9 Å². The first-order valence-electron chi connectivity index (χ1n) is 5.67. The topological polar surface area (TPSA) is 26.3 Å². The third-order valence-electron chi connectivity index (χ3n) is 2.30. The van der Waals surface area contributed by atoms with Crippen LogP contribution in [0, 0.1) is 0 Å². The molecule has 17 heavy (non-hydrogen) atoms. The van der Waals surface area contributed by atoms with Gasteiger partial charge in [-0.3, -0.25) is 4.79 Å². The van der Waals surface area contributed by atoms with E-state index >= 15 is 0 Å². The number of halogens is 1. The van der Waals surface area contributed by atoms with Crippen LogP contribution >= 0.6 is 11.6 Å². The molecule has 0 N–H and O–H groups in total. The molecule has 0 fully saturated rings. The zero-order valence-corrected chi connectivity index (χ0v) is 11.0. The molecule has 0 radical (unpaired) electrons. The van der Waals surface area contributed by atoms with Crippen molar-refractivity contribution in [1.82, 2.24) is 0 Å². The van der Waals surface area contributed by atoms with Crippen molar-refractivity contribution in [2.75, 3.05) is 6.61 Å². The first-order chi connectivity index (χ1) is 8.11. The van der Waals surface area contributed by atoms with Crippen molar-refractivity contribution in [3.63, 3.8) is 0 Å². The van der Waals surface area contributed by atoms with Crippen LogP contribution in [0.4, 0.5) is 0 Å². The van der Waals surface area contributed by atoms with Crippen LogP contribution < -0.4 is 0 Å². The van der Waals surface area contributed by atoms with E-state index in [1.807, 2.05) is 24.3 Å². The van der Waals surface area contributed by atoms with E-state index in [2.05, 4.69) is 13.0 Å². The summed E-state index contributed by atoms with van der Waals surface area (Å²) in [6.45, 7) is 3.85. The molecule has 0 amide bonds. The first-order valence-corrected chi connectivity index (χ1v) is 6.05. The Balaban J connectivity index is 2.63. The summed E-state index contributed by atoms with van der Waals surface area (Å²) >= 11 is 5.83. The lowest BCUT2D eigenvalue weighted by atomic mass is 10.1. The molecule has 0 bridgehead atoms. The van der Waals surface area contributed by atoms with Crippen molar-refractivity contribution >= 4 is 17.6 Å². The van der Waals surface area contributed by atoms with Gasteiger partial charge in [-0.1, -0.05) is 36.7 Å². The molecule has 3 heteroatoms. The monoisotopic (exact) mass is 252 g/mol. The van der Waals surface area contributed by atoms with E-state index < -0.39 is 0 Å². The van der Waals surface area contributed by atoms with E-state index in [-0.39, 0.29) is 5.97 Å². The van der Waals surface area contributed by atoms with Gasteiger partial charge >= 0.3 is 5.97 Å². The minimum Gasteiger partial charge on any atom is -0.461 e. The summed E-state index contributed by atoms with van der Waals surface area (Å²) in [5.41, 5.74) is 2.28. The maximum absolute atomic E-state index is 10.8. The van der Waals surface area contributed by atoms with Gasteiger partial charge in [-0.25, -0.2) is 0 Å². The highest BCUT2D eigenvalue weighted by atomic mass is 35.5. The molecule has 0 unspecified atom stereocenters. The first kappa shape index (κ1) is 13.8. The molecule has 92 valence electrons. The number of carbonyl (C=O) groups excluding carboxylic acids is 1. The second-order valence-electron chi connectivity index (χ2n) is 3.85. The van der Waals surface area contributed by atoms with Gasteiger partial charge < -0.3 is 4.74 Å². The highest BCUT2D eigenvalue weighted by Crippen LogP contribution is 2.14. The van der Waals surface area contributed by atoms with Gasteiger partial charge in [0.25, 0.3) is 0 Å². The Labute approximate surface area is 107 Å². The SMILES string of the molecule is CC/C=C(/COC(C)=O)Cc1ccc(Cl)cc1. The Morgan fingerprint density at radius 3 is 2.53 bits per heavy atom. The van der Waals surface area contributed by atoms with E-state index in [9.17, 15) is 4.79 Å².